The first-order valence-corrected chi connectivity index (χ1v) is 11.2. The molecule has 2 aromatic heterocycles. The SMILES string of the molecule is O=C(c1ccccc1)N1CCN(c2nc(NC3=NCC(C4CC4)=C3)c3cccn3n2)CC1. The largest absolute Gasteiger partial charge is 0.336 e. The first-order chi connectivity index (χ1) is 15.7. The Hall–Kier alpha value is -3.68. The Labute approximate surface area is 186 Å². The van der Waals surface area contributed by atoms with E-state index in [1.54, 1.807) is 0 Å². The molecule has 1 amide bonds. The highest BCUT2D eigenvalue weighted by molar-refractivity contribution is 6.07. The Morgan fingerprint density at radius 1 is 1.00 bits per heavy atom. The van der Waals surface area contributed by atoms with Gasteiger partial charge in [0, 0.05) is 37.9 Å². The molecule has 2 aliphatic heterocycles. The van der Waals surface area contributed by atoms with Crippen molar-refractivity contribution in [1.29, 1.82) is 0 Å². The minimum atomic E-state index is 0.0758. The molecule has 2 fully saturated rings. The molecule has 0 radical (unpaired) electrons. The number of aromatic nitrogens is 3. The van der Waals surface area contributed by atoms with E-state index in [0.29, 0.717) is 32.1 Å². The molecule has 0 unspecified atom stereocenters. The predicted octanol–water partition coefficient (Wildman–Crippen LogP) is 2.85. The lowest BCUT2D eigenvalue weighted by atomic mass is 10.2. The summed E-state index contributed by atoms with van der Waals surface area (Å²) in [4.78, 5) is 26.3. The summed E-state index contributed by atoms with van der Waals surface area (Å²) in [5, 5.41) is 8.13. The number of rotatable bonds is 4. The highest BCUT2D eigenvalue weighted by atomic mass is 16.2. The molecule has 0 atom stereocenters. The summed E-state index contributed by atoms with van der Waals surface area (Å²) in [6, 6.07) is 13.4. The van der Waals surface area contributed by atoms with Crippen molar-refractivity contribution in [2.24, 2.45) is 10.9 Å². The molecule has 6 rings (SSSR count). The van der Waals surface area contributed by atoms with Gasteiger partial charge in [0.15, 0.2) is 5.82 Å². The second-order valence-corrected chi connectivity index (χ2v) is 8.56. The van der Waals surface area contributed by atoms with E-state index >= 15 is 0 Å². The number of hydrogen-bond acceptors (Lipinski definition) is 6. The maximum absolute atomic E-state index is 12.8. The molecule has 3 aliphatic rings. The smallest absolute Gasteiger partial charge is 0.253 e. The van der Waals surface area contributed by atoms with E-state index in [9.17, 15) is 4.79 Å². The van der Waals surface area contributed by atoms with Crippen LogP contribution in [-0.4, -0.2) is 64.0 Å². The third-order valence-electron chi connectivity index (χ3n) is 6.35. The normalized spacial score (nSPS) is 18.6. The summed E-state index contributed by atoms with van der Waals surface area (Å²) >= 11 is 0. The van der Waals surface area contributed by atoms with Crippen LogP contribution in [0, 0.1) is 5.92 Å². The fourth-order valence-corrected chi connectivity index (χ4v) is 4.36. The molecule has 162 valence electrons. The van der Waals surface area contributed by atoms with E-state index in [4.69, 9.17) is 10.1 Å². The van der Waals surface area contributed by atoms with Crippen LogP contribution in [0.2, 0.25) is 0 Å². The van der Waals surface area contributed by atoms with Gasteiger partial charge < -0.3 is 15.1 Å². The minimum Gasteiger partial charge on any atom is -0.336 e. The third kappa shape index (κ3) is 3.62. The fraction of sp³-hybridized carbons (Fsp3) is 0.333. The number of benzene rings is 1. The van der Waals surface area contributed by atoms with Crippen molar-refractivity contribution in [3.05, 3.63) is 65.9 Å². The number of amides is 1. The van der Waals surface area contributed by atoms with Gasteiger partial charge >= 0.3 is 0 Å². The number of fused-ring (bicyclic) bond motifs is 1. The van der Waals surface area contributed by atoms with E-state index in [1.165, 1.54) is 18.4 Å². The summed E-state index contributed by atoms with van der Waals surface area (Å²) in [5.41, 5.74) is 3.07. The number of carbonyl (C=O) groups is 1. The van der Waals surface area contributed by atoms with E-state index in [-0.39, 0.29) is 5.91 Å². The maximum Gasteiger partial charge on any atom is 0.253 e. The molecular weight excluding hydrogens is 402 g/mol. The van der Waals surface area contributed by atoms with Crippen molar-refractivity contribution in [2.75, 3.05) is 42.9 Å². The topological polar surface area (TPSA) is 78.1 Å². The fourth-order valence-electron chi connectivity index (χ4n) is 4.36. The standard InChI is InChI=1S/C24H25N7O/c32-23(18-5-2-1-3-6-18)29-11-13-30(14-12-29)24-27-22(20-7-4-10-31(20)28-24)26-21-15-19(16-25-21)17-8-9-17/h1-7,10,15,17H,8-9,11-14,16H2,(H,25,26,27,28). The number of piperazine rings is 1. The lowest BCUT2D eigenvalue weighted by molar-refractivity contribution is 0.0746. The first-order valence-electron chi connectivity index (χ1n) is 11.2. The Balaban J connectivity index is 1.19. The summed E-state index contributed by atoms with van der Waals surface area (Å²) in [7, 11) is 0. The number of anilines is 2. The van der Waals surface area contributed by atoms with Crippen LogP contribution in [-0.2, 0) is 0 Å². The van der Waals surface area contributed by atoms with Gasteiger partial charge in [-0.3, -0.25) is 9.79 Å². The Bertz CT molecular complexity index is 1220. The van der Waals surface area contributed by atoms with Gasteiger partial charge in [-0.05, 0) is 54.7 Å². The molecule has 8 heteroatoms. The van der Waals surface area contributed by atoms with E-state index in [0.717, 1.165) is 35.2 Å². The summed E-state index contributed by atoms with van der Waals surface area (Å²) in [5.74, 6) is 3.09. The average Bonchev–Trinajstić information content (AvgIpc) is 3.39. The molecule has 8 nitrogen and oxygen atoms in total. The van der Waals surface area contributed by atoms with Crippen molar-refractivity contribution in [3.8, 4) is 0 Å². The Morgan fingerprint density at radius 2 is 1.81 bits per heavy atom. The van der Waals surface area contributed by atoms with Crippen molar-refractivity contribution in [3.63, 3.8) is 0 Å². The summed E-state index contributed by atoms with van der Waals surface area (Å²) in [6.07, 6.45) is 6.68. The number of amidine groups is 1. The number of aliphatic imine (C=N–C) groups is 1. The van der Waals surface area contributed by atoms with Crippen LogP contribution in [0.4, 0.5) is 11.8 Å². The van der Waals surface area contributed by atoms with Crippen LogP contribution >= 0.6 is 0 Å². The number of nitrogens with zero attached hydrogens (tertiary/aromatic N) is 6. The number of carbonyl (C=O) groups excluding carboxylic acids is 1. The lowest BCUT2D eigenvalue weighted by Crippen LogP contribution is -2.49. The van der Waals surface area contributed by atoms with Crippen molar-refractivity contribution in [2.45, 2.75) is 12.8 Å². The van der Waals surface area contributed by atoms with Crippen LogP contribution < -0.4 is 10.2 Å². The van der Waals surface area contributed by atoms with Gasteiger partial charge in [0.25, 0.3) is 5.91 Å². The first kappa shape index (κ1) is 19.0. The van der Waals surface area contributed by atoms with Crippen molar-refractivity contribution in [1.82, 2.24) is 19.5 Å². The highest BCUT2D eigenvalue weighted by Crippen LogP contribution is 2.38. The molecule has 1 N–H and O–H groups in total. The van der Waals surface area contributed by atoms with Gasteiger partial charge in [-0.1, -0.05) is 18.2 Å². The Kier molecular flexibility index (Phi) is 4.63. The predicted molar refractivity (Wildman–Crippen MR) is 124 cm³/mol. The molecule has 1 saturated heterocycles. The summed E-state index contributed by atoms with van der Waals surface area (Å²) in [6.45, 7) is 3.46. The van der Waals surface area contributed by atoms with Crippen molar-refractivity contribution >= 4 is 29.0 Å². The molecule has 0 spiro atoms. The molecule has 4 heterocycles. The molecular formula is C24H25N7O. The quantitative estimate of drug-likeness (QED) is 0.693. The molecule has 1 aliphatic carbocycles. The maximum atomic E-state index is 12.8. The average molecular weight is 428 g/mol. The van der Waals surface area contributed by atoms with E-state index in [1.807, 2.05) is 58.1 Å². The number of hydrogen-bond donors (Lipinski definition) is 1. The van der Waals surface area contributed by atoms with Gasteiger partial charge in [0.05, 0.1) is 6.54 Å². The van der Waals surface area contributed by atoms with Crippen LogP contribution in [0.25, 0.3) is 5.52 Å². The van der Waals surface area contributed by atoms with Gasteiger partial charge in [0.2, 0.25) is 5.95 Å². The second kappa shape index (κ2) is 7.78. The molecule has 1 saturated carbocycles. The van der Waals surface area contributed by atoms with E-state index in [2.05, 4.69) is 21.3 Å². The summed E-state index contributed by atoms with van der Waals surface area (Å²) < 4.78 is 1.85. The lowest BCUT2D eigenvalue weighted by Gasteiger charge is -2.34. The minimum absolute atomic E-state index is 0.0758. The van der Waals surface area contributed by atoms with Crippen LogP contribution in [0.1, 0.15) is 23.2 Å². The van der Waals surface area contributed by atoms with Crippen molar-refractivity contribution < 1.29 is 4.79 Å². The van der Waals surface area contributed by atoms with E-state index < -0.39 is 0 Å². The van der Waals surface area contributed by atoms with Gasteiger partial charge in [-0.2, -0.15) is 4.98 Å². The zero-order chi connectivity index (χ0) is 21.5. The Morgan fingerprint density at radius 3 is 2.59 bits per heavy atom. The molecule has 0 bridgehead atoms. The van der Waals surface area contributed by atoms with Gasteiger partial charge in [-0.15, -0.1) is 5.10 Å². The number of nitrogens with one attached hydrogen (secondary N) is 1. The zero-order valence-electron chi connectivity index (χ0n) is 17.8. The van der Waals surface area contributed by atoms with Crippen LogP contribution in [0.3, 0.4) is 0 Å². The molecule has 32 heavy (non-hydrogen) atoms. The molecule has 1 aromatic carbocycles. The monoisotopic (exact) mass is 427 g/mol. The molecule has 3 aromatic rings. The second-order valence-electron chi connectivity index (χ2n) is 8.56. The highest BCUT2D eigenvalue weighted by Gasteiger charge is 2.28. The van der Waals surface area contributed by atoms with Gasteiger partial charge in [-0.25, -0.2) is 4.52 Å². The zero-order valence-corrected chi connectivity index (χ0v) is 17.8. The van der Waals surface area contributed by atoms with Crippen LogP contribution in [0.15, 0.2) is 65.3 Å². The van der Waals surface area contributed by atoms with Crippen LogP contribution in [0.5, 0.6) is 0 Å². The third-order valence-corrected chi connectivity index (χ3v) is 6.35. The van der Waals surface area contributed by atoms with Gasteiger partial charge in [0.1, 0.15) is 11.4 Å².